The highest BCUT2D eigenvalue weighted by atomic mass is 35.7. The van der Waals surface area contributed by atoms with Gasteiger partial charge in [0, 0.05) is 10.7 Å². The van der Waals surface area contributed by atoms with E-state index in [0.29, 0.717) is 12.5 Å². The summed E-state index contributed by atoms with van der Waals surface area (Å²) in [4.78, 5) is 11.0. The summed E-state index contributed by atoms with van der Waals surface area (Å²) in [5.74, 6) is -0.634. The van der Waals surface area contributed by atoms with E-state index in [0.717, 1.165) is 18.9 Å². The van der Waals surface area contributed by atoms with Gasteiger partial charge in [0.25, 0.3) is 9.05 Å². The van der Waals surface area contributed by atoms with Crippen molar-refractivity contribution in [3.8, 4) is 5.75 Å². The molecule has 0 amide bonds. The molecular formula is C14H17ClO5S. The molecule has 0 spiro atoms. The molecule has 5 nitrogen and oxygen atoms in total. The highest BCUT2D eigenvalue weighted by Crippen LogP contribution is 2.28. The first-order chi connectivity index (χ1) is 9.88. The van der Waals surface area contributed by atoms with E-state index in [1.54, 1.807) is 0 Å². The quantitative estimate of drug-likeness (QED) is 0.837. The maximum absolute atomic E-state index is 11.3. The fourth-order valence-corrected chi connectivity index (χ4v) is 3.29. The Bertz CT molecular complexity index is 620. The minimum Gasteiger partial charge on any atom is -0.492 e. The summed E-state index contributed by atoms with van der Waals surface area (Å²) in [6, 6.07) is 3.63. The Labute approximate surface area is 128 Å². The predicted molar refractivity (Wildman–Crippen MR) is 78.5 cm³/mol. The Morgan fingerprint density at radius 1 is 1.29 bits per heavy atom. The molecule has 7 heteroatoms. The van der Waals surface area contributed by atoms with Gasteiger partial charge in [-0.1, -0.05) is 19.3 Å². The molecule has 0 radical (unpaired) electrons. The van der Waals surface area contributed by atoms with Crippen molar-refractivity contribution in [3.05, 3.63) is 23.8 Å². The van der Waals surface area contributed by atoms with Gasteiger partial charge in [-0.3, -0.25) is 0 Å². The van der Waals surface area contributed by atoms with Gasteiger partial charge in [-0.15, -0.1) is 0 Å². The van der Waals surface area contributed by atoms with Crippen molar-refractivity contribution in [1.29, 1.82) is 0 Å². The SMILES string of the molecule is O=C(O)c1cc(S(=O)(=O)Cl)ccc1OCC1CCCCC1. The molecule has 21 heavy (non-hydrogen) atoms. The third kappa shape index (κ3) is 4.35. The van der Waals surface area contributed by atoms with Crippen LogP contribution in [0.25, 0.3) is 0 Å². The minimum absolute atomic E-state index is 0.178. The smallest absolute Gasteiger partial charge is 0.339 e. The number of aromatic carboxylic acids is 1. The van der Waals surface area contributed by atoms with Crippen LogP contribution in [0.4, 0.5) is 0 Å². The molecule has 1 aromatic rings. The molecule has 116 valence electrons. The molecule has 1 aliphatic rings. The molecule has 0 heterocycles. The minimum atomic E-state index is -3.96. The predicted octanol–water partition coefficient (Wildman–Crippen LogP) is 3.27. The molecule has 0 saturated heterocycles. The van der Waals surface area contributed by atoms with Crippen LogP contribution in [0.5, 0.6) is 5.75 Å². The number of halogens is 1. The van der Waals surface area contributed by atoms with Gasteiger partial charge >= 0.3 is 5.97 Å². The van der Waals surface area contributed by atoms with E-state index in [2.05, 4.69) is 0 Å². The number of ether oxygens (including phenoxy) is 1. The van der Waals surface area contributed by atoms with Gasteiger partial charge in [0.1, 0.15) is 11.3 Å². The highest BCUT2D eigenvalue weighted by Gasteiger charge is 2.20. The largest absolute Gasteiger partial charge is 0.492 e. The summed E-state index contributed by atoms with van der Waals surface area (Å²) < 4.78 is 28.1. The van der Waals surface area contributed by atoms with Gasteiger partial charge in [0.05, 0.1) is 11.5 Å². The monoisotopic (exact) mass is 332 g/mol. The van der Waals surface area contributed by atoms with Crippen molar-refractivity contribution in [2.45, 2.75) is 37.0 Å². The fourth-order valence-electron chi connectivity index (χ4n) is 2.52. The Balaban J connectivity index is 2.16. The van der Waals surface area contributed by atoms with Crippen molar-refractivity contribution in [2.24, 2.45) is 5.92 Å². The molecule has 0 unspecified atom stereocenters. The van der Waals surface area contributed by atoms with Crippen LogP contribution in [0.3, 0.4) is 0 Å². The molecule has 1 aliphatic carbocycles. The summed E-state index contributed by atoms with van der Waals surface area (Å²) in [7, 11) is 1.27. The lowest BCUT2D eigenvalue weighted by molar-refractivity contribution is 0.0690. The second-order valence-corrected chi connectivity index (χ2v) is 7.78. The standard InChI is InChI=1S/C14H17ClO5S/c15-21(18,19)11-6-7-13(12(8-11)14(16)17)20-9-10-4-2-1-3-5-10/h6-8,10H,1-5,9H2,(H,16,17). The molecule has 0 bridgehead atoms. The Morgan fingerprint density at radius 2 is 1.95 bits per heavy atom. The number of carboxylic acids is 1. The molecule has 0 aromatic heterocycles. The second-order valence-electron chi connectivity index (χ2n) is 5.22. The summed E-state index contributed by atoms with van der Waals surface area (Å²) in [5, 5.41) is 9.17. The molecule has 2 rings (SSSR count). The topological polar surface area (TPSA) is 80.7 Å². The van der Waals surface area contributed by atoms with Gasteiger partial charge in [0.2, 0.25) is 0 Å². The Hall–Kier alpha value is -1.27. The van der Waals surface area contributed by atoms with Crippen LogP contribution in [0.1, 0.15) is 42.5 Å². The van der Waals surface area contributed by atoms with Gasteiger partial charge in [-0.2, -0.15) is 0 Å². The number of carbonyl (C=O) groups is 1. The van der Waals surface area contributed by atoms with Crippen LogP contribution in [0.15, 0.2) is 23.1 Å². The van der Waals surface area contributed by atoms with Gasteiger partial charge in [-0.25, -0.2) is 13.2 Å². The summed E-state index contributed by atoms with van der Waals surface area (Å²) in [5.41, 5.74) is -0.187. The first-order valence-corrected chi connectivity index (χ1v) is 9.13. The zero-order valence-electron chi connectivity index (χ0n) is 11.4. The van der Waals surface area contributed by atoms with Crippen molar-refractivity contribution in [1.82, 2.24) is 0 Å². The van der Waals surface area contributed by atoms with Crippen molar-refractivity contribution < 1.29 is 23.1 Å². The van der Waals surface area contributed by atoms with E-state index < -0.39 is 15.0 Å². The van der Waals surface area contributed by atoms with Gasteiger partial charge in [-0.05, 0) is 37.0 Å². The molecule has 0 atom stereocenters. The molecule has 1 saturated carbocycles. The maximum atomic E-state index is 11.3. The molecule has 1 N–H and O–H groups in total. The van der Waals surface area contributed by atoms with Gasteiger partial charge in [0.15, 0.2) is 0 Å². The van der Waals surface area contributed by atoms with E-state index >= 15 is 0 Å². The van der Waals surface area contributed by atoms with Crippen LogP contribution in [0, 0.1) is 5.92 Å². The summed E-state index contributed by atoms with van der Waals surface area (Å²) in [6.45, 7) is 0.452. The van der Waals surface area contributed by atoms with E-state index in [1.165, 1.54) is 31.4 Å². The van der Waals surface area contributed by atoms with Crippen LogP contribution >= 0.6 is 10.7 Å². The summed E-state index contributed by atoms with van der Waals surface area (Å²) in [6.07, 6.45) is 5.73. The lowest BCUT2D eigenvalue weighted by atomic mass is 9.90. The van der Waals surface area contributed by atoms with Crippen LogP contribution < -0.4 is 4.74 Å². The zero-order chi connectivity index (χ0) is 15.5. The number of hydrogen-bond acceptors (Lipinski definition) is 4. The summed E-state index contributed by atoms with van der Waals surface area (Å²) >= 11 is 0. The second kappa shape index (κ2) is 6.66. The average molecular weight is 333 g/mol. The third-order valence-electron chi connectivity index (χ3n) is 3.66. The molecule has 1 fully saturated rings. The van der Waals surface area contributed by atoms with Crippen molar-refractivity contribution >= 4 is 25.7 Å². The van der Waals surface area contributed by atoms with Crippen LogP contribution in [0.2, 0.25) is 0 Å². The zero-order valence-corrected chi connectivity index (χ0v) is 13.0. The van der Waals surface area contributed by atoms with E-state index in [1.807, 2.05) is 0 Å². The number of benzene rings is 1. The van der Waals surface area contributed by atoms with E-state index in [-0.39, 0.29) is 16.2 Å². The average Bonchev–Trinajstić information content (AvgIpc) is 2.45. The van der Waals surface area contributed by atoms with Crippen LogP contribution in [-0.2, 0) is 9.05 Å². The number of hydrogen-bond donors (Lipinski definition) is 1. The van der Waals surface area contributed by atoms with Crippen molar-refractivity contribution in [2.75, 3.05) is 6.61 Å². The molecule has 1 aromatic carbocycles. The molecular weight excluding hydrogens is 316 g/mol. The number of rotatable bonds is 5. The molecule has 0 aliphatic heterocycles. The van der Waals surface area contributed by atoms with E-state index in [9.17, 15) is 18.3 Å². The van der Waals surface area contributed by atoms with E-state index in [4.69, 9.17) is 15.4 Å². The lowest BCUT2D eigenvalue weighted by Gasteiger charge is -2.22. The Kier molecular flexibility index (Phi) is 5.11. The van der Waals surface area contributed by atoms with Crippen molar-refractivity contribution in [3.63, 3.8) is 0 Å². The maximum Gasteiger partial charge on any atom is 0.339 e. The fraction of sp³-hybridized carbons (Fsp3) is 0.500. The third-order valence-corrected chi connectivity index (χ3v) is 5.01. The van der Waals surface area contributed by atoms with Crippen LogP contribution in [-0.4, -0.2) is 26.1 Å². The van der Waals surface area contributed by atoms with Gasteiger partial charge < -0.3 is 9.84 Å². The Morgan fingerprint density at radius 3 is 2.52 bits per heavy atom. The first-order valence-electron chi connectivity index (χ1n) is 6.83. The first kappa shape index (κ1) is 16.1. The highest BCUT2D eigenvalue weighted by molar-refractivity contribution is 8.13. The normalized spacial score (nSPS) is 16.6. The lowest BCUT2D eigenvalue weighted by Crippen LogP contribution is -2.16. The number of carboxylic acid groups (broad SMARTS) is 1.